The first-order chi connectivity index (χ1) is 17.7. The van der Waals surface area contributed by atoms with E-state index in [0.29, 0.717) is 11.3 Å². The summed E-state index contributed by atoms with van der Waals surface area (Å²) in [5, 5.41) is 10.2. The maximum absolute atomic E-state index is 13.1. The third-order valence-corrected chi connectivity index (χ3v) is 6.80. The van der Waals surface area contributed by atoms with Gasteiger partial charge < -0.3 is 9.84 Å². The number of rotatable bonds is 9. The summed E-state index contributed by atoms with van der Waals surface area (Å²) in [4.78, 5) is 26.7. The minimum atomic E-state index is -3.92. The van der Waals surface area contributed by atoms with Gasteiger partial charge in [-0.15, -0.1) is 6.42 Å². The van der Waals surface area contributed by atoms with Crippen LogP contribution < -0.4 is 9.46 Å². The SMILES string of the molecule is C#CCOc1ccc(CC(C(=O)NS(C)(=O)=O)N(CC2c3ccccc3-c3ccccc32)C(=O)O)cc1. The maximum Gasteiger partial charge on any atom is 0.408 e. The molecule has 0 fully saturated rings. The Morgan fingerprint density at radius 2 is 1.59 bits per heavy atom. The van der Waals surface area contributed by atoms with Crippen molar-refractivity contribution < 1.29 is 27.9 Å². The van der Waals surface area contributed by atoms with Gasteiger partial charge in [0.1, 0.15) is 18.4 Å². The van der Waals surface area contributed by atoms with Crippen LogP contribution in [0.3, 0.4) is 0 Å². The lowest BCUT2D eigenvalue weighted by Gasteiger charge is -2.31. The van der Waals surface area contributed by atoms with Crippen molar-refractivity contribution in [2.24, 2.45) is 0 Å². The Morgan fingerprint density at radius 3 is 2.11 bits per heavy atom. The predicted molar refractivity (Wildman–Crippen MR) is 140 cm³/mol. The number of fused-ring (bicyclic) bond motifs is 3. The summed E-state index contributed by atoms with van der Waals surface area (Å²) >= 11 is 0. The maximum atomic E-state index is 13.1. The van der Waals surface area contributed by atoms with Crippen LogP contribution in [-0.2, 0) is 21.2 Å². The van der Waals surface area contributed by atoms with Crippen molar-refractivity contribution in [3.63, 3.8) is 0 Å². The summed E-state index contributed by atoms with van der Waals surface area (Å²) in [6.45, 7) is 0.0600. The highest BCUT2D eigenvalue weighted by Crippen LogP contribution is 2.45. The van der Waals surface area contributed by atoms with Gasteiger partial charge in [0.2, 0.25) is 10.0 Å². The van der Waals surface area contributed by atoms with Gasteiger partial charge in [0.25, 0.3) is 5.91 Å². The molecule has 0 saturated carbocycles. The number of nitrogens with zero attached hydrogens (tertiary/aromatic N) is 1. The highest BCUT2D eigenvalue weighted by molar-refractivity contribution is 7.89. The van der Waals surface area contributed by atoms with E-state index in [1.807, 2.05) is 53.3 Å². The third-order valence-electron chi connectivity index (χ3n) is 6.23. The lowest BCUT2D eigenvalue weighted by atomic mass is 9.95. The second-order valence-corrected chi connectivity index (χ2v) is 10.5. The van der Waals surface area contributed by atoms with E-state index in [2.05, 4.69) is 5.92 Å². The fourth-order valence-electron chi connectivity index (χ4n) is 4.66. The number of amides is 2. The number of benzene rings is 3. The van der Waals surface area contributed by atoms with E-state index in [0.717, 1.165) is 33.4 Å². The van der Waals surface area contributed by atoms with Crippen LogP contribution in [0.4, 0.5) is 4.79 Å². The standard InChI is InChI=1S/C28H26N2O6S/c1-3-16-36-20-14-12-19(13-15-20)17-26(27(31)29-37(2,34)35)30(28(32)33)18-25-23-10-6-4-8-21(23)22-9-5-7-11-24(22)25/h1,4-15,25-26H,16-18H2,2H3,(H,29,31)(H,32,33). The second kappa shape index (κ2) is 10.8. The van der Waals surface area contributed by atoms with Crippen LogP contribution in [0.15, 0.2) is 72.8 Å². The van der Waals surface area contributed by atoms with Crippen LogP contribution in [0, 0.1) is 12.3 Å². The van der Waals surface area contributed by atoms with Crippen molar-refractivity contribution >= 4 is 22.0 Å². The normalized spacial score (nSPS) is 13.1. The molecule has 0 saturated heterocycles. The molecule has 3 aromatic rings. The molecule has 0 spiro atoms. The highest BCUT2D eigenvalue weighted by Gasteiger charge is 2.37. The van der Waals surface area contributed by atoms with E-state index in [-0.39, 0.29) is 25.5 Å². The summed E-state index contributed by atoms with van der Waals surface area (Å²) in [5.74, 6) is 1.65. The molecular formula is C28H26N2O6S. The molecule has 0 radical (unpaired) electrons. The van der Waals surface area contributed by atoms with Crippen molar-refractivity contribution in [1.29, 1.82) is 0 Å². The van der Waals surface area contributed by atoms with E-state index in [9.17, 15) is 23.1 Å². The molecule has 0 bridgehead atoms. The number of hydrogen-bond acceptors (Lipinski definition) is 5. The Kier molecular flexibility index (Phi) is 7.50. The number of carbonyl (C=O) groups is 2. The zero-order chi connectivity index (χ0) is 26.6. The molecule has 0 heterocycles. The Balaban J connectivity index is 1.68. The lowest BCUT2D eigenvalue weighted by Crippen LogP contribution is -2.52. The number of nitrogens with one attached hydrogen (secondary N) is 1. The Hall–Kier alpha value is -4.29. The van der Waals surface area contributed by atoms with Gasteiger partial charge in [-0.1, -0.05) is 66.6 Å². The number of sulfonamides is 1. The van der Waals surface area contributed by atoms with E-state index in [4.69, 9.17) is 11.2 Å². The van der Waals surface area contributed by atoms with Crippen LogP contribution in [0.25, 0.3) is 11.1 Å². The van der Waals surface area contributed by atoms with Crippen molar-refractivity contribution in [2.45, 2.75) is 18.4 Å². The average molecular weight is 519 g/mol. The molecule has 2 N–H and O–H groups in total. The van der Waals surface area contributed by atoms with Crippen LogP contribution >= 0.6 is 0 Å². The molecule has 37 heavy (non-hydrogen) atoms. The Labute approximate surface area is 215 Å². The fraction of sp³-hybridized carbons (Fsp3) is 0.214. The molecule has 1 atom stereocenters. The van der Waals surface area contributed by atoms with E-state index in [1.165, 1.54) is 0 Å². The van der Waals surface area contributed by atoms with Crippen molar-refractivity contribution in [3.8, 4) is 29.2 Å². The quantitative estimate of drug-likeness (QED) is 0.420. The Morgan fingerprint density at radius 1 is 1.03 bits per heavy atom. The number of carboxylic acid groups (broad SMARTS) is 1. The van der Waals surface area contributed by atoms with Crippen LogP contribution in [0.5, 0.6) is 5.75 Å². The molecule has 4 rings (SSSR count). The summed E-state index contributed by atoms with van der Waals surface area (Å²) in [7, 11) is -3.92. The second-order valence-electron chi connectivity index (χ2n) is 8.76. The third kappa shape index (κ3) is 5.93. The van der Waals surface area contributed by atoms with Crippen LogP contribution in [0.1, 0.15) is 22.6 Å². The monoisotopic (exact) mass is 518 g/mol. The van der Waals surface area contributed by atoms with Crippen molar-refractivity contribution in [1.82, 2.24) is 9.62 Å². The molecule has 0 aliphatic heterocycles. The summed E-state index contributed by atoms with van der Waals surface area (Å²) in [5.41, 5.74) is 4.54. The predicted octanol–water partition coefficient (Wildman–Crippen LogP) is 3.48. The molecule has 1 aliphatic carbocycles. The largest absolute Gasteiger partial charge is 0.481 e. The highest BCUT2D eigenvalue weighted by atomic mass is 32.2. The number of hydrogen-bond donors (Lipinski definition) is 2. The molecule has 3 aromatic carbocycles. The first-order valence-electron chi connectivity index (χ1n) is 11.5. The molecule has 1 aliphatic rings. The molecule has 190 valence electrons. The molecule has 9 heteroatoms. The van der Waals surface area contributed by atoms with E-state index in [1.54, 1.807) is 24.3 Å². The average Bonchev–Trinajstić information content (AvgIpc) is 3.18. The Bertz CT molecular complexity index is 1410. The van der Waals surface area contributed by atoms with Gasteiger partial charge in [-0.3, -0.25) is 14.4 Å². The van der Waals surface area contributed by atoms with Gasteiger partial charge in [-0.05, 0) is 39.9 Å². The zero-order valence-electron chi connectivity index (χ0n) is 20.1. The van der Waals surface area contributed by atoms with Crippen molar-refractivity contribution in [2.75, 3.05) is 19.4 Å². The van der Waals surface area contributed by atoms with Gasteiger partial charge in [-0.2, -0.15) is 0 Å². The molecule has 8 nitrogen and oxygen atoms in total. The van der Waals surface area contributed by atoms with Gasteiger partial charge >= 0.3 is 6.09 Å². The lowest BCUT2D eigenvalue weighted by molar-refractivity contribution is -0.124. The number of terminal acetylenes is 1. The van der Waals surface area contributed by atoms with Gasteiger partial charge in [0.15, 0.2) is 0 Å². The number of ether oxygens (including phenoxy) is 1. The van der Waals surface area contributed by atoms with Gasteiger partial charge in [-0.25, -0.2) is 13.2 Å². The summed E-state index contributed by atoms with van der Waals surface area (Å²) < 4.78 is 31.1. The summed E-state index contributed by atoms with van der Waals surface area (Å²) in [6.07, 6.45) is 4.70. The van der Waals surface area contributed by atoms with Crippen LogP contribution in [0.2, 0.25) is 0 Å². The molecule has 2 amide bonds. The fourth-order valence-corrected chi connectivity index (χ4v) is 5.16. The van der Waals surface area contributed by atoms with Gasteiger partial charge in [0, 0.05) is 18.9 Å². The molecule has 0 aromatic heterocycles. The molecular weight excluding hydrogens is 492 g/mol. The first kappa shape index (κ1) is 25.8. The molecule has 1 unspecified atom stereocenters. The van der Waals surface area contributed by atoms with E-state index >= 15 is 0 Å². The minimum Gasteiger partial charge on any atom is -0.481 e. The van der Waals surface area contributed by atoms with Gasteiger partial charge in [0.05, 0.1) is 6.26 Å². The minimum absolute atomic E-state index is 0.0332. The van der Waals surface area contributed by atoms with E-state index < -0.39 is 28.1 Å². The van der Waals surface area contributed by atoms with Crippen molar-refractivity contribution in [3.05, 3.63) is 89.5 Å². The number of carbonyl (C=O) groups excluding carboxylic acids is 1. The first-order valence-corrected chi connectivity index (χ1v) is 13.4. The smallest absolute Gasteiger partial charge is 0.408 e. The van der Waals surface area contributed by atoms with Crippen LogP contribution in [-0.4, -0.2) is 55.9 Å². The summed E-state index contributed by atoms with van der Waals surface area (Å²) in [6, 6.07) is 20.9. The topological polar surface area (TPSA) is 113 Å². The zero-order valence-corrected chi connectivity index (χ0v) is 20.9.